The molecular formula is C19H15F3N4O. The first-order valence-electron chi connectivity index (χ1n) is 8.36. The molecule has 4 rings (SSSR count). The predicted octanol–water partition coefficient (Wildman–Crippen LogP) is 4.24. The number of alkyl halides is 3. The van der Waals surface area contributed by atoms with Gasteiger partial charge >= 0.3 is 12.2 Å². The first-order chi connectivity index (χ1) is 12.9. The first kappa shape index (κ1) is 17.3. The first-order valence-corrected chi connectivity index (χ1v) is 8.36. The Bertz CT molecular complexity index is 1020. The summed E-state index contributed by atoms with van der Waals surface area (Å²) in [5.41, 5.74) is 2.01. The summed E-state index contributed by atoms with van der Waals surface area (Å²) >= 11 is 0. The average Bonchev–Trinajstić information content (AvgIpc) is 2.65. The number of pyridine rings is 2. The fraction of sp³-hybridized carbons (Fsp3) is 0.211. The summed E-state index contributed by atoms with van der Waals surface area (Å²) in [6.45, 7) is 0.791. The zero-order chi connectivity index (χ0) is 19.0. The van der Waals surface area contributed by atoms with Crippen LogP contribution in [-0.4, -0.2) is 27.4 Å². The van der Waals surface area contributed by atoms with Crippen LogP contribution < -0.4 is 5.32 Å². The second kappa shape index (κ2) is 6.53. The maximum Gasteiger partial charge on any atom is 0.416 e. The number of fused-ring (bicyclic) bond motifs is 2. The molecule has 0 saturated heterocycles. The summed E-state index contributed by atoms with van der Waals surface area (Å²) in [6.07, 6.45) is -0.473. The van der Waals surface area contributed by atoms with E-state index in [0.717, 1.165) is 34.3 Å². The number of halogens is 3. The molecule has 0 bridgehead atoms. The molecule has 0 spiro atoms. The third kappa shape index (κ3) is 3.55. The number of amides is 2. The Morgan fingerprint density at radius 3 is 2.85 bits per heavy atom. The van der Waals surface area contributed by atoms with E-state index in [1.165, 1.54) is 12.1 Å². The number of anilines is 1. The Kier molecular flexibility index (Phi) is 4.18. The van der Waals surface area contributed by atoms with Gasteiger partial charge in [0.15, 0.2) is 0 Å². The Hall–Kier alpha value is -3.16. The summed E-state index contributed by atoms with van der Waals surface area (Å²) in [4.78, 5) is 22.7. The number of nitrogens with one attached hydrogen (secondary N) is 1. The molecule has 1 N–H and O–H groups in total. The Morgan fingerprint density at radius 1 is 1.19 bits per heavy atom. The molecule has 0 aliphatic carbocycles. The third-order valence-electron chi connectivity index (χ3n) is 4.49. The summed E-state index contributed by atoms with van der Waals surface area (Å²) in [5, 5.41) is 3.43. The highest BCUT2D eigenvalue weighted by molar-refractivity contribution is 5.89. The molecule has 1 aliphatic rings. The smallest absolute Gasteiger partial charge is 0.320 e. The highest BCUT2D eigenvalue weighted by atomic mass is 19.4. The van der Waals surface area contributed by atoms with Crippen molar-refractivity contribution in [2.45, 2.75) is 19.1 Å². The Labute approximate surface area is 152 Å². The normalized spacial score (nSPS) is 14.1. The van der Waals surface area contributed by atoms with Crippen molar-refractivity contribution >= 4 is 22.6 Å². The van der Waals surface area contributed by atoms with E-state index in [1.807, 2.05) is 12.1 Å². The molecule has 0 unspecified atom stereocenters. The van der Waals surface area contributed by atoms with Gasteiger partial charge in [0.25, 0.3) is 0 Å². The average molecular weight is 372 g/mol. The third-order valence-corrected chi connectivity index (χ3v) is 4.49. The van der Waals surface area contributed by atoms with Gasteiger partial charge in [0.05, 0.1) is 11.1 Å². The molecule has 1 aromatic carbocycles. The number of nitrogens with zero attached hydrogens (tertiary/aromatic N) is 3. The number of rotatable bonds is 1. The monoisotopic (exact) mass is 372 g/mol. The van der Waals surface area contributed by atoms with E-state index in [1.54, 1.807) is 17.3 Å². The standard InChI is InChI=1S/C19H15F3N4O/c20-19(21,22)14-2-1-3-15(9-14)24-18(27)26-7-5-17-13(11-26)8-12-10-23-6-4-16(12)25-17/h1-4,6,8-10H,5,7,11H2,(H,24,27). The summed E-state index contributed by atoms with van der Waals surface area (Å²) < 4.78 is 38.5. The van der Waals surface area contributed by atoms with Crippen molar-refractivity contribution in [3.05, 3.63) is 65.6 Å². The van der Waals surface area contributed by atoms with Gasteiger partial charge in [0, 0.05) is 48.7 Å². The topological polar surface area (TPSA) is 58.1 Å². The summed E-state index contributed by atoms with van der Waals surface area (Å²) in [7, 11) is 0. The van der Waals surface area contributed by atoms with Gasteiger partial charge in [-0.2, -0.15) is 13.2 Å². The van der Waals surface area contributed by atoms with Gasteiger partial charge in [0.1, 0.15) is 0 Å². The van der Waals surface area contributed by atoms with Crippen molar-refractivity contribution in [1.29, 1.82) is 0 Å². The number of hydrogen-bond acceptors (Lipinski definition) is 3. The van der Waals surface area contributed by atoms with E-state index in [0.29, 0.717) is 19.5 Å². The molecule has 2 aromatic heterocycles. The van der Waals surface area contributed by atoms with E-state index >= 15 is 0 Å². The molecule has 3 aromatic rings. The zero-order valence-corrected chi connectivity index (χ0v) is 14.1. The fourth-order valence-electron chi connectivity index (χ4n) is 3.13. The van der Waals surface area contributed by atoms with Crippen LogP contribution in [0.25, 0.3) is 10.9 Å². The van der Waals surface area contributed by atoms with Crippen LogP contribution in [0.15, 0.2) is 48.8 Å². The quantitative estimate of drug-likeness (QED) is 0.695. The number of carbonyl (C=O) groups excluding carboxylic acids is 1. The van der Waals surface area contributed by atoms with Gasteiger partial charge in [-0.3, -0.25) is 9.97 Å². The van der Waals surface area contributed by atoms with E-state index < -0.39 is 17.8 Å². The molecule has 0 radical (unpaired) electrons. The highest BCUT2D eigenvalue weighted by Gasteiger charge is 2.30. The molecule has 138 valence electrons. The van der Waals surface area contributed by atoms with Crippen LogP contribution in [0.4, 0.5) is 23.7 Å². The largest absolute Gasteiger partial charge is 0.416 e. The van der Waals surface area contributed by atoms with Crippen molar-refractivity contribution in [3.8, 4) is 0 Å². The second-order valence-electron chi connectivity index (χ2n) is 6.34. The molecule has 0 fully saturated rings. The highest BCUT2D eigenvalue weighted by Crippen LogP contribution is 2.31. The van der Waals surface area contributed by atoms with Crippen molar-refractivity contribution < 1.29 is 18.0 Å². The molecule has 2 amide bonds. The summed E-state index contributed by atoms with van der Waals surface area (Å²) in [5.74, 6) is 0. The van der Waals surface area contributed by atoms with Crippen LogP contribution in [0.1, 0.15) is 16.8 Å². The van der Waals surface area contributed by atoms with Crippen LogP contribution in [0.3, 0.4) is 0 Å². The van der Waals surface area contributed by atoms with E-state index in [2.05, 4.69) is 15.3 Å². The van der Waals surface area contributed by atoms with Gasteiger partial charge < -0.3 is 10.2 Å². The van der Waals surface area contributed by atoms with E-state index in [9.17, 15) is 18.0 Å². The van der Waals surface area contributed by atoms with Gasteiger partial charge in [-0.15, -0.1) is 0 Å². The van der Waals surface area contributed by atoms with Crippen LogP contribution in [0.2, 0.25) is 0 Å². The van der Waals surface area contributed by atoms with Crippen LogP contribution in [-0.2, 0) is 19.1 Å². The molecule has 0 atom stereocenters. The Balaban J connectivity index is 1.52. The number of benzene rings is 1. The van der Waals surface area contributed by atoms with Gasteiger partial charge in [-0.25, -0.2) is 4.79 Å². The van der Waals surface area contributed by atoms with Crippen molar-refractivity contribution in [1.82, 2.24) is 14.9 Å². The minimum Gasteiger partial charge on any atom is -0.320 e. The molecule has 1 aliphatic heterocycles. The van der Waals surface area contributed by atoms with Crippen molar-refractivity contribution in [3.63, 3.8) is 0 Å². The number of hydrogen-bond donors (Lipinski definition) is 1. The number of urea groups is 1. The lowest BCUT2D eigenvalue weighted by Gasteiger charge is -2.28. The molecular weight excluding hydrogens is 357 g/mol. The van der Waals surface area contributed by atoms with Gasteiger partial charge in [-0.05, 0) is 35.9 Å². The van der Waals surface area contributed by atoms with E-state index in [4.69, 9.17) is 0 Å². The van der Waals surface area contributed by atoms with Crippen LogP contribution in [0, 0.1) is 0 Å². The maximum atomic E-state index is 12.8. The van der Waals surface area contributed by atoms with Gasteiger partial charge in [0.2, 0.25) is 0 Å². The minimum absolute atomic E-state index is 0.112. The lowest BCUT2D eigenvalue weighted by Crippen LogP contribution is -2.39. The van der Waals surface area contributed by atoms with Crippen LogP contribution in [0.5, 0.6) is 0 Å². The SMILES string of the molecule is O=C(Nc1cccc(C(F)(F)F)c1)N1CCc2nc3ccncc3cc2C1. The summed E-state index contributed by atoms with van der Waals surface area (Å²) in [6, 6.07) is 7.95. The molecule has 27 heavy (non-hydrogen) atoms. The Morgan fingerprint density at radius 2 is 2.04 bits per heavy atom. The predicted molar refractivity (Wildman–Crippen MR) is 94.1 cm³/mol. The fourth-order valence-corrected chi connectivity index (χ4v) is 3.13. The van der Waals surface area contributed by atoms with Crippen molar-refractivity contribution in [2.24, 2.45) is 0 Å². The van der Waals surface area contributed by atoms with Crippen LogP contribution >= 0.6 is 0 Å². The minimum atomic E-state index is -4.45. The van der Waals surface area contributed by atoms with Gasteiger partial charge in [-0.1, -0.05) is 6.07 Å². The number of aromatic nitrogens is 2. The number of carbonyl (C=O) groups is 1. The van der Waals surface area contributed by atoms with E-state index in [-0.39, 0.29) is 5.69 Å². The maximum absolute atomic E-state index is 12.8. The van der Waals surface area contributed by atoms with Crippen molar-refractivity contribution in [2.75, 3.05) is 11.9 Å². The lowest BCUT2D eigenvalue weighted by molar-refractivity contribution is -0.137. The lowest BCUT2D eigenvalue weighted by atomic mass is 10.0. The molecule has 5 nitrogen and oxygen atoms in total. The second-order valence-corrected chi connectivity index (χ2v) is 6.34. The molecule has 8 heteroatoms. The molecule has 0 saturated carbocycles. The zero-order valence-electron chi connectivity index (χ0n) is 14.1. The molecule has 3 heterocycles.